The molecule has 2 aliphatic rings. The first-order valence-electron chi connectivity index (χ1n) is 7.37. The summed E-state index contributed by atoms with van der Waals surface area (Å²) < 4.78 is 43.5. The third kappa shape index (κ3) is 3.32. The fraction of sp³-hybridized carbons (Fsp3) is 0.500. The first-order chi connectivity index (χ1) is 10.9. The molecule has 1 saturated heterocycles. The molecule has 1 heterocycles. The smallest absolute Gasteiger partial charge is 0.360 e. The zero-order valence-corrected chi connectivity index (χ0v) is 12.2. The molecule has 1 amide bonds. The van der Waals surface area contributed by atoms with Gasteiger partial charge in [0.25, 0.3) is 0 Å². The monoisotopic (exact) mass is 324 g/mol. The highest BCUT2D eigenvalue weighted by molar-refractivity contribution is 5.83. The summed E-state index contributed by atoms with van der Waals surface area (Å²) in [5.74, 6) is -0.569. The molecule has 1 saturated carbocycles. The Balaban J connectivity index is 1.67. The Morgan fingerprint density at radius 3 is 2.87 bits per heavy atom. The Labute approximate surface area is 131 Å². The predicted molar refractivity (Wildman–Crippen MR) is 74.2 cm³/mol. The number of carbonyl (C=O) groups is 1. The van der Waals surface area contributed by atoms with Gasteiger partial charge in [-0.25, -0.2) is 0 Å². The second-order valence-electron chi connectivity index (χ2n) is 5.84. The number of ether oxygens (including phenoxy) is 1. The Morgan fingerprint density at radius 1 is 1.39 bits per heavy atom. The lowest BCUT2D eigenvalue weighted by molar-refractivity contribution is -0.138. The number of nitrogens with zero attached hydrogens (tertiary/aromatic N) is 2. The lowest BCUT2D eigenvalue weighted by atomic mass is 10.0. The van der Waals surface area contributed by atoms with Crippen LogP contribution in [-0.4, -0.2) is 36.6 Å². The van der Waals surface area contributed by atoms with Crippen LogP contribution in [0.1, 0.15) is 23.5 Å². The number of alkyl halides is 3. The van der Waals surface area contributed by atoms with Crippen LogP contribution in [0.2, 0.25) is 0 Å². The van der Waals surface area contributed by atoms with Crippen molar-refractivity contribution < 1.29 is 22.7 Å². The summed E-state index contributed by atoms with van der Waals surface area (Å²) in [4.78, 5) is 14.0. The van der Waals surface area contributed by atoms with Crippen molar-refractivity contribution in [3.05, 3.63) is 35.4 Å². The molecule has 0 bridgehead atoms. The summed E-state index contributed by atoms with van der Waals surface area (Å²) in [7, 11) is 0. The second-order valence-corrected chi connectivity index (χ2v) is 5.84. The Hall–Kier alpha value is -2.07. The van der Waals surface area contributed by atoms with Gasteiger partial charge in [-0.3, -0.25) is 4.79 Å². The summed E-state index contributed by atoms with van der Waals surface area (Å²) in [5.41, 5.74) is -0.146. The first-order valence-corrected chi connectivity index (χ1v) is 7.37. The molecule has 1 aromatic carbocycles. The number of hydrogen-bond acceptors (Lipinski definition) is 3. The van der Waals surface area contributed by atoms with Crippen molar-refractivity contribution in [1.82, 2.24) is 4.90 Å². The van der Waals surface area contributed by atoms with Crippen LogP contribution in [0.5, 0.6) is 0 Å². The van der Waals surface area contributed by atoms with E-state index in [0.29, 0.717) is 25.1 Å². The van der Waals surface area contributed by atoms with Crippen LogP contribution in [0.15, 0.2) is 24.3 Å². The summed E-state index contributed by atoms with van der Waals surface area (Å²) in [6.45, 7) is 0.953. The Bertz CT molecular complexity index is 653. The van der Waals surface area contributed by atoms with Crippen LogP contribution in [0.25, 0.3) is 0 Å². The number of benzene rings is 1. The number of amides is 1. The van der Waals surface area contributed by atoms with Crippen molar-refractivity contribution in [3.63, 3.8) is 0 Å². The highest BCUT2D eigenvalue weighted by Crippen LogP contribution is 2.49. The van der Waals surface area contributed by atoms with E-state index in [-0.39, 0.29) is 24.3 Å². The molecule has 0 spiro atoms. The molecule has 0 radical (unpaired) electrons. The predicted octanol–water partition coefficient (Wildman–Crippen LogP) is 2.56. The van der Waals surface area contributed by atoms with Gasteiger partial charge in [0, 0.05) is 12.5 Å². The molecule has 23 heavy (non-hydrogen) atoms. The molecule has 122 valence electrons. The average Bonchev–Trinajstić information content (AvgIpc) is 3.34. The van der Waals surface area contributed by atoms with E-state index in [0.717, 1.165) is 12.1 Å². The van der Waals surface area contributed by atoms with Gasteiger partial charge in [-0.1, -0.05) is 18.2 Å². The summed E-state index contributed by atoms with van der Waals surface area (Å²) in [5, 5.41) is 8.86. The van der Waals surface area contributed by atoms with Crippen LogP contribution in [-0.2, 0) is 15.7 Å². The van der Waals surface area contributed by atoms with Gasteiger partial charge >= 0.3 is 6.18 Å². The van der Waals surface area contributed by atoms with Crippen molar-refractivity contribution in [1.29, 1.82) is 5.26 Å². The van der Waals surface area contributed by atoms with Gasteiger partial charge in [-0.05, 0) is 24.0 Å². The van der Waals surface area contributed by atoms with E-state index >= 15 is 0 Å². The van der Waals surface area contributed by atoms with Gasteiger partial charge in [0.1, 0.15) is 0 Å². The van der Waals surface area contributed by atoms with Crippen molar-refractivity contribution >= 4 is 5.91 Å². The molecular weight excluding hydrogens is 309 g/mol. The van der Waals surface area contributed by atoms with E-state index < -0.39 is 17.8 Å². The topological polar surface area (TPSA) is 53.3 Å². The fourth-order valence-corrected chi connectivity index (χ4v) is 2.94. The molecule has 0 N–H and O–H groups in total. The van der Waals surface area contributed by atoms with Gasteiger partial charge in [0.15, 0.2) is 6.10 Å². The van der Waals surface area contributed by atoms with Crippen molar-refractivity contribution in [2.75, 3.05) is 19.7 Å². The second kappa shape index (κ2) is 5.85. The van der Waals surface area contributed by atoms with Crippen molar-refractivity contribution in [3.8, 4) is 6.07 Å². The summed E-state index contributed by atoms with van der Waals surface area (Å²) in [6.07, 6.45) is -4.46. The minimum atomic E-state index is -4.38. The minimum Gasteiger partial charge on any atom is -0.360 e. The molecule has 1 aromatic rings. The highest BCUT2D eigenvalue weighted by atomic mass is 19.4. The van der Waals surface area contributed by atoms with E-state index in [1.54, 1.807) is 11.0 Å². The number of nitriles is 1. The molecule has 2 fully saturated rings. The third-order valence-electron chi connectivity index (χ3n) is 4.27. The number of morpholine rings is 1. The maximum Gasteiger partial charge on any atom is 0.416 e. The van der Waals surface area contributed by atoms with E-state index in [2.05, 4.69) is 0 Å². The SMILES string of the molecule is N#C[C@@H]1CN(C(=O)[C@H]2C[C@@H]2c2cccc(C(F)(F)F)c2)CCO1. The van der Waals surface area contributed by atoms with Gasteiger partial charge < -0.3 is 9.64 Å². The van der Waals surface area contributed by atoms with Crippen LogP contribution >= 0.6 is 0 Å². The maximum absolute atomic E-state index is 12.8. The highest BCUT2D eigenvalue weighted by Gasteiger charge is 2.47. The van der Waals surface area contributed by atoms with E-state index in [1.165, 1.54) is 6.07 Å². The first kappa shape index (κ1) is 15.8. The van der Waals surface area contributed by atoms with Gasteiger partial charge in [0.2, 0.25) is 5.91 Å². The lowest BCUT2D eigenvalue weighted by Gasteiger charge is -2.30. The van der Waals surface area contributed by atoms with Gasteiger partial charge in [0.05, 0.1) is 24.8 Å². The van der Waals surface area contributed by atoms with Gasteiger partial charge in [-0.2, -0.15) is 18.4 Å². The zero-order valence-electron chi connectivity index (χ0n) is 12.2. The molecule has 7 heteroatoms. The van der Waals surface area contributed by atoms with Crippen LogP contribution in [0, 0.1) is 17.2 Å². The molecule has 0 aromatic heterocycles. The number of carbonyl (C=O) groups excluding carboxylic acids is 1. The van der Waals surface area contributed by atoms with Crippen molar-refractivity contribution in [2.24, 2.45) is 5.92 Å². The zero-order chi connectivity index (χ0) is 16.6. The van der Waals surface area contributed by atoms with E-state index in [1.807, 2.05) is 6.07 Å². The fourth-order valence-electron chi connectivity index (χ4n) is 2.94. The Morgan fingerprint density at radius 2 is 2.17 bits per heavy atom. The maximum atomic E-state index is 12.8. The average molecular weight is 324 g/mol. The van der Waals surface area contributed by atoms with Crippen LogP contribution < -0.4 is 0 Å². The standard InChI is InChI=1S/C16H15F3N2O2/c17-16(18,19)11-3-1-2-10(6-11)13-7-14(13)15(22)21-4-5-23-12(8-20)9-21/h1-3,6,12-14H,4-5,7,9H2/t12-,13-,14+/m1/s1. The van der Waals surface area contributed by atoms with Crippen molar-refractivity contribution in [2.45, 2.75) is 24.6 Å². The number of hydrogen-bond donors (Lipinski definition) is 0. The Kier molecular flexibility index (Phi) is 4.02. The number of rotatable bonds is 2. The molecule has 0 unspecified atom stereocenters. The minimum absolute atomic E-state index is 0.101. The molecule has 3 rings (SSSR count). The summed E-state index contributed by atoms with van der Waals surface area (Å²) >= 11 is 0. The molecular formula is C16H15F3N2O2. The summed E-state index contributed by atoms with van der Waals surface area (Å²) in [6, 6.07) is 7.13. The quantitative estimate of drug-likeness (QED) is 0.840. The third-order valence-corrected chi connectivity index (χ3v) is 4.27. The number of halogens is 3. The molecule has 1 aliphatic carbocycles. The molecule has 4 nitrogen and oxygen atoms in total. The van der Waals surface area contributed by atoms with Crippen LogP contribution in [0.4, 0.5) is 13.2 Å². The lowest BCUT2D eigenvalue weighted by Crippen LogP contribution is -2.45. The van der Waals surface area contributed by atoms with Gasteiger partial charge in [-0.15, -0.1) is 0 Å². The van der Waals surface area contributed by atoms with E-state index in [4.69, 9.17) is 10.00 Å². The molecule has 1 aliphatic heterocycles. The molecule has 3 atom stereocenters. The normalized spacial score (nSPS) is 27.4. The largest absolute Gasteiger partial charge is 0.416 e. The van der Waals surface area contributed by atoms with E-state index in [9.17, 15) is 18.0 Å². The van der Waals surface area contributed by atoms with Crippen LogP contribution in [0.3, 0.4) is 0 Å².